The van der Waals surface area contributed by atoms with Gasteiger partial charge in [0.15, 0.2) is 0 Å². The number of rotatable bonds is 0. The minimum Gasteiger partial charge on any atom is -0.349 e. The zero-order valence-electron chi connectivity index (χ0n) is 10.6. The molecule has 0 unspecified atom stereocenters. The SMILES string of the molecule is C.CC(=O)N(C)C.CC(C)=O.CSC(C)=S. The number of carbonyl (C=O) groups is 2. The van der Waals surface area contributed by atoms with Crippen LogP contribution in [0.3, 0.4) is 0 Å². The molecule has 3 nitrogen and oxygen atoms in total. The van der Waals surface area contributed by atoms with Crippen molar-refractivity contribution in [3.63, 3.8) is 0 Å². The van der Waals surface area contributed by atoms with E-state index in [-0.39, 0.29) is 19.1 Å². The number of Topliss-reactive ketones (excluding diaryl/α,β-unsaturated/α-hetero) is 1. The van der Waals surface area contributed by atoms with Crippen LogP contribution in [0.1, 0.15) is 35.1 Å². The number of amides is 1. The van der Waals surface area contributed by atoms with Gasteiger partial charge in [0, 0.05) is 25.2 Å². The summed E-state index contributed by atoms with van der Waals surface area (Å²) < 4.78 is 1.00. The molecule has 0 aliphatic heterocycles. The van der Waals surface area contributed by atoms with Gasteiger partial charge in [0.1, 0.15) is 5.78 Å². The normalized spacial score (nSPS) is 6.94. The van der Waals surface area contributed by atoms with E-state index in [0.29, 0.717) is 0 Å². The molecule has 0 bridgehead atoms. The Morgan fingerprint density at radius 2 is 1.19 bits per heavy atom. The minimum absolute atomic E-state index is 0. The lowest BCUT2D eigenvalue weighted by Crippen LogP contribution is -2.17. The molecule has 0 saturated heterocycles. The van der Waals surface area contributed by atoms with Crippen molar-refractivity contribution < 1.29 is 9.59 Å². The Labute approximate surface area is 110 Å². The van der Waals surface area contributed by atoms with E-state index in [0.717, 1.165) is 4.20 Å². The van der Waals surface area contributed by atoms with Gasteiger partial charge in [-0.05, 0) is 27.0 Å². The molecule has 5 heteroatoms. The topological polar surface area (TPSA) is 37.4 Å². The smallest absolute Gasteiger partial charge is 0.218 e. The Balaban J connectivity index is -0.0000000668. The van der Waals surface area contributed by atoms with Crippen LogP contribution in [0.4, 0.5) is 0 Å². The second-order valence-electron chi connectivity index (χ2n) is 3.02. The van der Waals surface area contributed by atoms with Crippen LogP contribution >= 0.6 is 24.0 Å². The second-order valence-corrected chi connectivity index (χ2v) is 4.91. The lowest BCUT2D eigenvalue weighted by Gasteiger charge is -2.02. The largest absolute Gasteiger partial charge is 0.349 e. The summed E-state index contributed by atoms with van der Waals surface area (Å²) in [6.45, 7) is 6.50. The van der Waals surface area contributed by atoms with E-state index in [9.17, 15) is 9.59 Å². The molecule has 0 aromatic carbocycles. The molecule has 0 N–H and O–H groups in total. The van der Waals surface area contributed by atoms with Gasteiger partial charge in [-0.15, -0.1) is 11.8 Å². The third-order valence-electron chi connectivity index (χ3n) is 0.917. The van der Waals surface area contributed by atoms with Crippen molar-refractivity contribution >= 4 is 39.9 Å². The first-order valence-electron chi connectivity index (χ1n) is 4.34. The third kappa shape index (κ3) is 69.0. The zero-order valence-corrected chi connectivity index (χ0v) is 12.2. The molecule has 0 rings (SSSR count). The van der Waals surface area contributed by atoms with Crippen LogP contribution in [0.5, 0.6) is 0 Å². The monoisotopic (exact) mass is 267 g/mol. The Hall–Kier alpha value is -0.420. The molecule has 0 aromatic heterocycles. The van der Waals surface area contributed by atoms with Gasteiger partial charge >= 0.3 is 0 Å². The van der Waals surface area contributed by atoms with Crippen molar-refractivity contribution in [2.24, 2.45) is 0 Å². The molecule has 0 spiro atoms. The van der Waals surface area contributed by atoms with Gasteiger partial charge in [0.05, 0.1) is 0 Å². The molecule has 16 heavy (non-hydrogen) atoms. The summed E-state index contributed by atoms with van der Waals surface area (Å²) >= 11 is 6.27. The molecular weight excluding hydrogens is 242 g/mol. The van der Waals surface area contributed by atoms with Crippen LogP contribution < -0.4 is 0 Å². The van der Waals surface area contributed by atoms with Crippen LogP contribution in [0.25, 0.3) is 0 Å². The summed E-state index contributed by atoms with van der Waals surface area (Å²) in [5.41, 5.74) is 0. The predicted molar refractivity (Wildman–Crippen MR) is 79.2 cm³/mol. The van der Waals surface area contributed by atoms with E-state index in [1.807, 2.05) is 13.2 Å². The maximum absolute atomic E-state index is 10.1. The van der Waals surface area contributed by atoms with Crippen LogP contribution in [-0.2, 0) is 9.59 Å². The number of thiocarbonyl (C=S) groups is 1. The fourth-order valence-corrected chi connectivity index (χ4v) is 0. The number of nitrogens with zero attached hydrogens (tertiary/aromatic N) is 1. The highest BCUT2D eigenvalue weighted by atomic mass is 32.2. The van der Waals surface area contributed by atoms with Gasteiger partial charge in [0.25, 0.3) is 0 Å². The molecule has 0 atom stereocenters. The van der Waals surface area contributed by atoms with Gasteiger partial charge < -0.3 is 9.69 Å². The summed E-state index contributed by atoms with van der Waals surface area (Å²) in [4.78, 5) is 21.0. The number of thioether (sulfide) groups is 1. The number of carbonyl (C=O) groups excluding carboxylic acids is 2. The van der Waals surface area contributed by atoms with E-state index in [4.69, 9.17) is 0 Å². The molecule has 0 heterocycles. The van der Waals surface area contributed by atoms with E-state index >= 15 is 0 Å². The second kappa shape index (κ2) is 17.0. The lowest BCUT2D eigenvalue weighted by atomic mass is 10.6. The lowest BCUT2D eigenvalue weighted by molar-refractivity contribution is -0.126. The van der Waals surface area contributed by atoms with Crippen LogP contribution in [0.2, 0.25) is 0 Å². The zero-order chi connectivity index (χ0) is 13.0. The standard InChI is InChI=1S/C4H9NO.C3H6O.C3H6S2.CH4/c1-4(6)5(2)3;1-3(2)4;1-3(4)5-2;/h1-3H3;1-2H3;1-2H3;1H4. The fraction of sp³-hybridized carbons (Fsp3) is 0.727. The van der Waals surface area contributed by atoms with Gasteiger partial charge in [-0.1, -0.05) is 19.6 Å². The van der Waals surface area contributed by atoms with Gasteiger partial charge in [-0.2, -0.15) is 0 Å². The third-order valence-corrected chi connectivity index (χ3v) is 1.99. The Morgan fingerprint density at radius 1 is 1.06 bits per heavy atom. The quantitative estimate of drug-likeness (QED) is 0.632. The van der Waals surface area contributed by atoms with Crippen molar-refractivity contribution in [3.05, 3.63) is 0 Å². The number of hydrogen-bond donors (Lipinski definition) is 0. The van der Waals surface area contributed by atoms with Gasteiger partial charge in [-0.25, -0.2) is 0 Å². The van der Waals surface area contributed by atoms with E-state index in [1.165, 1.54) is 25.7 Å². The molecule has 0 saturated carbocycles. The Bertz CT molecular complexity index is 200. The maximum atomic E-state index is 10.1. The van der Waals surface area contributed by atoms with E-state index < -0.39 is 0 Å². The first kappa shape index (κ1) is 24.7. The first-order valence-corrected chi connectivity index (χ1v) is 5.98. The average Bonchev–Trinajstić information content (AvgIpc) is 2.04. The Morgan fingerprint density at radius 3 is 1.19 bits per heavy atom. The number of ketones is 1. The summed E-state index contributed by atoms with van der Waals surface area (Å²) in [6, 6.07) is 0. The highest BCUT2D eigenvalue weighted by molar-refractivity contribution is 8.22. The maximum Gasteiger partial charge on any atom is 0.218 e. The van der Waals surface area contributed by atoms with Crippen molar-refractivity contribution in [1.29, 1.82) is 0 Å². The molecule has 0 aliphatic carbocycles. The first-order chi connectivity index (χ1) is 6.64. The summed E-state index contributed by atoms with van der Waals surface area (Å²) in [7, 11) is 3.45. The van der Waals surface area contributed by atoms with E-state index in [2.05, 4.69) is 12.2 Å². The highest BCUT2D eigenvalue weighted by Crippen LogP contribution is 1.92. The molecule has 0 aliphatic rings. The summed E-state index contributed by atoms with van der Waals surface area (Å²) in [5, 5.41) is 0. The minimum atomic E-state index is 0. The highest BCUT2D eigenvalue weighted by Gasteiger charge is 1.87. The summed E-state index contributed by atoms with van der Waals surface area (Å²) in [6.07, 6.45) is 1.97. The molecule has 0 aromatic rings. The van der Waals surface area contributed by atoms with Crippen LogP contribution in [-0.4, -0.2) is 41.1 Å². The van der Waals surface area contributed by atoms with Gasteiger partial charge in [0.2, 0.25) is 5.91 Å². The number of hydrogen-bond acceptors (Lipinski definition) is 4. The van der Waals surface area contributed by atoms with Crippen molar-refractivity contribution in [2.75, 3.05) is 20.4 Å². The predicted octanol–water partition coefficient (Wildman–Crippen LogP) is 3.02. The summed E-state index contributed by atoms with van der Waals surface area (Å²) in [5.74, 6) is 0.259. The Kier molecular flexibility index (Phi) is 26.2. The van der Waals surface area contributed by atoms with Crippen LogP contribution in [0.15, 0.2) is 0 Å². The average molecular weight is 267 g/mol. The molecule has 0 radical (unpaired) electrons. The molecule has 1 amide bonds. The van der Waals surface area contributed by atoms with Crippen molar-refractivity contribution in [1.82, 2.24) is 4.90 Å². The van der Waals surface area contributed by atoms with E-state index in [1.54, 1.807) is 25.9 Å². The van der Waals surface area contributed by atoms with Crippen molar-refractivity contribution in [3.8, 4) is 0 Å². The molecule has 0 fully saturated rings. The fourth-order valence-electron chi connectivity index (χ4n) is 0. The van der Waals surface area contributed by atoms with Gasteiger partial charge in [-0.3, -0.25) is 4.79 Å². The molecule has 98 valence electrons. The van der Waals surface area contributed by atoms with Crippen LogP contribution in [0, 0.1) is 0 Å². The van der Waals surface area contributed by atoms with Crippen molar-refractivity contribution in [2.45, 2.75) is 35.1 Å². The molecular formula is C11H25NO2S2.